The Hall–Kier alpha value is -2.55. The van der Waals surface area contributed by atoms with Gasteiger partial charge in [-0.2, -0.15) is 10.2 Å². The minimum Gasteiger partial charge on any atom is -0.445 e. The third kappa shape index (κ3) is 5.27. The van der Waals surface area contributed by atoms with Gasteiger partial charge < -0.3 is 10.1 Å². The van der Waals surface area contributed by atoms with Crippen LogP contribution >= 0.6 is 0 Å². The summed E-state index contributed by atoms with van der Waals surface area (Å²) in [6.45, 7) is 0.420. The summed E-state index contributed by atoms with van der Waals surface area (Å²) in [6.07, 6.45) is -0.545. The fourth-order valence-corrected chi connectivity index (χ4v) is 2.26. The Labute approximate surface area is 141 Å². The Kier molecular flexibility index (Phi) is 6.62. The van der Waals surface area contributed by atoms with E-state index >= 15 is 0 Å². The molecule has 2 rings (SSSR count). The fourth-order valence-electron chi connectivity index (χ4n) is 1.85. The molecule has 1 amide bonds. The molecule has 0 spiro atoms. The van der Waals surface area contributed by atoms with Crippen LogP contribution in [0.25, 0.3) is 0 Å². The summed E-state index contributed by atoms with van der Waals surface area (Å²) >= 11 is -2.21. The van der Waals surface area contributed by atoms with Crippen LogP contribution in [0.15, 0.2) is 54.6 Å². The van der Waals surface area contributed by atoms with Crippen LogP contribution in [0.4, 0.5) is 4.79 Å². The highest BCUT2D eigenvalue weighted by molar-refractivity contribution is 7.96. The molecule has 0 heterocycles. The second kappa shape index (κ2) is 8.92. The smallest absolute Gasteiger partial charge is 0.407 e. The maximum Gasteiger partial charge on any atom is 0.407 e. The monoisotopic (exact) mass is 348 g/mol. The molecule has 8 heteroatoms. The topological polar surface area (TPSA) is 108 Å². The molecule has 3 N–H and O–H groups in total. The van der Waals surface area contributed by atoms with Crippen molar-refractivity contribution < 1.29 is 22.8 Å². The Morgan fingerprint density at radius 3 is 2.29 bits per heavy atom. The number of rotatable bonds is 6. The Morgan fingerprint density at radius 2 is 1.67 bits per heavy atom. The summed E-state index contributed by atoms with van der Waals surface area (Å²) in [5, 5.41) is 1.88. The first-order valence-corrected chi connectivity index (χ1v) is 8.04. The number of hydrogen-bond donors (Lipinski definition) is 2. The molecule has 0 radical (unpaired) electrons. The SMILES string of the molecule is NOS(=O)C(=O)c1ccc(CNC(=O)OCc2ccccc2)cc1. The summed E-state index contributed by atoms with van der Waals surface area (Å²) in [4.78, 5) is 23.2. The minimum atomic E-state index is -2.21. The van der Waals surface area contributed by atoms with E-state index in [1.54, 1.807) is 12.1 Å². The maximum absolute atomic E-state index is 11.6. The number of carbonyl (C=O) groups is 2. The molecule has 2 aromatic carbocycles. The van der Waals surface area contributed by atoms with Gasteiger partial charge in [-0.05, 0) is 23.3 Å². The van der Waals surface area contributed by atoms with Crippen LogP contribution in [0.3, 0.4) is 0 Å². The van der Waals surface area contributed by atoms with E-state index in [2.05, 4.69) is 9.60 Å². The van der Waals surface area contributed by atoms with Crippen LogP contribution < -0.4 is 11.2 Å². The van der Waals surface area contributed by atoms with Gasteiger partial charge in [0.25, 0.3) is 5.12 Å². The lowest BCUT2D eigenvalue weighted by Crippen LogP contribution is -2.23. The number of benzene rings is 2. The molecule has 24 heavy (non-hydrogen) atoms. The molecule has 0 aliphatic carbocycles. The zero-order valence-corrected chi connectivity index (χ0v) is 13.5. The van der Waals surface area contributed by atoms with Crippen molar-refractivity contribution >= 4 is 22.3 Å². The molecule has 0 aliphatic rings. The number of nitrogens with two attached hydrogens (primary N) is 1. The zero-order chi connectivity index (χ0) is 17.4. The van der Waals surface area contributed by atoms with Gasteiger partial charge in [-0.25, -0.2) is 9.00 Å². The molecule has 126 valence electrons. The van der Waals surface area contributed by atoms with Crippen molar-refractivity contribution in [2.24, 2.45) is 5.90 Å². The van der Waals surface area contributed by atoms with Gasteiger partial charge in [-0.3, -0.25) is 4.79 Å². The van der Waals surface area contributed by atoms with Gasteiger partial charge in [-0.15, -0.1) is 0 Å². The number of carbonyl (C=O) groups excluding carboxylic acids is 2. The number of ether oxygens (including phenoxy) is 1. The maximum atomic E-state index is 11.6. The van der Waals surface area contributed by atoms with Crippen LogP contribution in [0, 0.1) is 0 Å². The number of hydrogen-bond acceptors (Lipinski definition) is 6. The Balaban J connectivity index is 1.80. The lowest BCUT2D eigenvalue weighted by Gasteiger charge is -2.07. The van der Waals surface area contributed by atoms with Gasteiger partial charge in [0.2, 0.25) is 11.1 Å². The second-order valence-corrected chi connectivity index (χ2v) is 5.76. The standard InChI is InChI=1S/C16H16N2O5S/c17-23-24(21)15(19)14-8-6-12(7-9-14)10-18-16(20)22-11-13-4-2-1-3-5-13/h1-9H,10-11,17H2,(H,18,20). The summed E-state index contributed by atoms with van der Waals surface area (Å²) in [5.41, 5.74) is 1.85. The van der Waals surface area contributed by atoms with E-state index in [9.17, 15) is 13.8 Å². The van der Waals surface area contributed by atoms with Crippen molar-refractivity contribution in [1.82, 2.24) is 5.32 Å². The molecular formula is C16H16N2O5S. The number of nitrogens with one attached hydrogen (secondary N) is 1. The predicted molar refractivity (Wildman–Crippen MR) is 87.7 cm³/mol. The quantitative estimate of drug-likeness (QED) is 0.771. The molecule has 1 unspecified atom stereocenters. The lowest BCUT2D eigenvalue weighted by atomic mass is 10.1. The van der Waals surface area contributed by atoms with Gasteiger partial charge in [0.1, 0.15) is 6.61 Å². The van der Waals surface area contributed by atoms with Gasteiger partial charge in [-0.1, -0.05) is 42.5 Å². The molecule has 0 fully saturated rings. The molecule has 1 atom stereocenters. The van der Waals surface area contributed by atoms with E-state index in [-0.39, 0.29) is 18.7 Å². The fraction of sp³-hybridized carbons (Fsp3) is 0.125. The van der Waals surface area contributed by atoms with E-state index in [0.29, 0.717) is 0 Å². The van der Waals surface area contributed by atoms with E-state index < -0.39 is 22.3 Å². The predicted octanol–water partition coefficient (Wildman–Crippen LogP) is 1.81. The highest BCUT2D eigenvalue weighted by Gasteiger charge is 2.14. The largest absolute Gasteiger partial charge is 0.445 e. The Morgan fingerprint density at radius 1 is 1.00 bits per heavy atom. The molecule has 0 saturated heterocycles. The number of amides is 1. The third-order valence-electron chi connectivity index (χ3n) is 3.08. The lowest BCUT2D eigenvalue weighted by molar-refractivity contribution is 0.106. The zero-order valence-electron chi connectivity index (χ0n) is 12.6. The van der Waals surface area contributed by atoms with Crippen molar-refractivity contribution in [2.75, 3.05) is 0 Å². The molecule has 0 aromatic heterocycles. The average molecular weight is 348 g/mol. The second-order valence-electron chi connectivity index (χ2n) is 4.73. The van der Waals surface area contributed by atoms with Crippen molar-refractivity contribution in [3.63, 3.8) is 0 Å². The van der Waals surface area contributed by atoms with Gasteiger partial charge in [0.15, 0.2) is 0 Å². The van der Waals surface area contributed by atoms with E-state index in [0.717, 1.165) is 11.1 Å². The van der Waals surface area contributed by atoms with Crippen molar-refractivity contribution in [3.05, 3.63) is 71.3 Å². The van der Waals surface area contributed by atoms with Gasteiger partial charge >= 0.3 is 6.09 Å². The van der Waals surface area contributed by atoms with Crippen LogP contribution in [-0.2, 0) is 33.3 Å². The number of alkyl carbamates (subject to hydrolysis) is 1. The first-order valence-electron chi connectivity index (χ1n) is 6.97. The normalized spacial score (nSPS) is 11.5. The summed E-state index contributed by atoms with van der Waals surface area (Å²) in [6, 6.07) is 15.5. The Bertz CT molecular complexity index is 719. The summed E-state index contributed by atoms with van der Waals surface area (Å²) in [5.74, 6) is 4.71. The van der Waals surface area contributed by atoms with Crippen LogP contribution in [-0.4, -0.2) is 15.4 Å². The van der Waals surface area contributed by atoms with E-state index in [1.165, 1.54) is 12.1 Å². The molecule has 2 aromatic rings. The molecule has 0 aliphatic heterocycles. The average Bonchev–Trinajstić information content (AvgIpc) is 2.64. The van der Waals surface area contributed by atoms with Crippen LogP contribution in [0.1, 0.15) is 21.5 Å². The van der Waals surface area contributed by atoms with Crippen molar-refractivity contribution in [3.8, 4) is 0 Å². The highest BCUT2D eigenvalue weighted by atomic mass is 32.2. The van der Waals surface area contributed by atoms with Crippen LogP contribution in [0.2, 0.25) is 0 Å². The highest BCUT2D eigenvalue weighted by Crippen LogP contribution is 2.07. The third-order valence-corrected chi connectivity index (χ3v) is 3.79. The van der Waals surface area contributed by atoms with Gasteiger partial charge in [0.05, 0.1) is 0 Å². The summed E-state index contributed by atoms with van der Waals surface area (Å²) in [7, 11) is 0. The molecule has 0 saturated carbocycles. The molecule has 7 nitrogen and oxygen atoms in total. The first kappa shape index (κ1) is 17.8. The first-order chi connectivity index (χ1) is 11.6. The van der Waals surface area contributed by atoms with Crippen molar-refractivity contribution in [1.29, 1.82) is 0 Å². The molecule has 0 bridgehead atoms. The van der Waals surface area contributed by atoms with E-state index in [1.807, 2.05) is 30.3 Å². The minimum absolute atomic E-state index is 0.186. The molecular weight excluding hydrogens is 332 g/mol. The van der Waals surface area contributed by atoms with Crippen LogP contribution in [0.5, 0.6) is 0 Å². The summed E-state index contributed by atoms with van der Waals surface area (Å²) < 4.78 is 20.2. The van der Waals surface area contributed by atoms with E-state index in [4.69, 9.17) is 10.6 Å². The van der Waals surface area contributed by atoms with Crippen molar-refractivity contribution in [2.45, 2.75) is 13.2 Å². The van der Waals surface area contributed by atoms with Gasteiger partial charge in [0, 0.05) is 12.1 Å².